The summed E-state index contributed by atoms with van der Waals surface area (Å²) >= 11 is 0. The van der Waals surface area contributed by atoms with Crippen LogP contribution in [0.15, 0.2) is 40.5 Å². The molecular weight excluding hydrogens is 296 g/mol. The molecule has 0 radical (unpaired) electrons. The molecule has 7 nitrogen and oxygen atoms in total. The van der Waals surface area contributed by atoms with Crippen LogP contribution in [-0.4, -0.2) is 30.0 Å². The van der Waals surface area contributed by atoms with Gasteiger partial charge in [0.05, 0.1) is 18.9 Å². The van der Waals surface area contributed by atoms with Crippen molar-refractivity contribution < 1.29 is 14.3 Å². The number of nitrogens with one attached hydrogen (secondary N) is 2. The van der Waals surface area contributed by atoms with E-state index in [0.29, 0.717) is 24.6 Å². The molecule has 0 aromatic heterocycles. The second kappa shape index (κ2) is 8.07. The lowest BCUT2D eigenvalue weighted by Crippen LogP contribution is -2.50. The van der Waals surface area contributed by atoms with E-state index in [0.717, 1.165) is 5.56 Å². The Morgan fingerprint density at radius 1 is 1.30 bits per heavy atom. The molecule has 7 heteroatoms. The van der Waals surface area contributed by atoms with E-state index in [1.54, 1.807) is 13.8 Å². The predicted octanol–water partition coefficient (Wildman–Crippen LogP) is 1.52. The van der Waals surface area contributed by atoms with Crippen LogP contribution in [0.5, 0.6) is 0 Å². The maximum atomic E-state index is 11.6. The molecule has 1 aromatic rings. The van der Waals surface area contributed by atoms with Gasteiger partial charge in [-0.15, -0.1) is 5.10 Å². The van der Waals surface area contributed by atoms with Crippen molar-refractivity contribution in [3.63, 3.8) is 0 Å². The SMILES string of the molecule is CCOC(=O)C/C(C)=N\N=C1/NNC(=O)CC1c1ccccc1. The highest BCUT2D eigenvalue weighted by Crippen LogP contribution is 2.22. The minimum Gasteiger partial charge on any atom is -0.466 e. The van der Waals surface area contributed by atoms with Crippen LogP contribution in [-0.2, 0) is 14.3 Å². The normalized spacial score (nSPS) is 19.9. The minimum absolute atomic E-state index is 0.0903. The molecule has 0 spiro atoms. The Morgan fingerprint density at radius 3 is 2.74 bits per heavy atom. The molecule has 0 saturated carbocycles. The zero-order chi connectivity index (χ0) is 16.7. The monoisotopic (exact) mass is 316 g/mol. The van der Waals surface area contributed by atoms with Crippen molar-refractivity contribution in [3.8, 4) is 0 Å². The average molecular weight is 316 g/mol. The molecule has 1 aromatic carbocycles. The van der Waals surface area contributed by atoms with Crippen molar-refractivity contribution in [2.75, 3.05) is 6.61 Å². The van der Waals surface area contributed by atoms with E-state index >= 15 is 0 Å². The molecule has 0 aliphatic carbocycles. The number of ether oxygens (including phenoxy) is 1. The highest BCUT2D eigenvalue weighted by Gasteiger charge is 2.26. The zero-order valence-corrected chi connectivity index (χ0v) is 13.2. The van der Waals surface area contributed by atoms with Gasteiger partial charge in [0, 0.05) is 12.1 Å². The van der Waals surface area contributed by atoms with E-state index in [9.17, 15) is 9.59 Å². The van der Waals surface area contributed by atoms with Gasteiger partial charge in [0.1, 0.15) is 0 Å². The number of carbonyl (C=O) groups is 2. The van der Waals surface area contributed by atoms with Crippen LogP contribution in [0.2, 0.25) is 0 Å². The van der Waals surface area contributed by atoms with Crippen LogP contribution < -0.4 is 10.9 Å². The Hall–Kier alpha value is -2.70. The number of esters is 1. The second-order valence-corrected chi connectivity index (χ2v) is 5.14. The summed E-state index contributed by atoms with van der Waals surface area (Å²) in [6, 6.07) is 9.62. The van der Waals surface area contributed by atoms with Crippen LogP contribution in [0.4, 0.5) is 0 Å². The number of hydrogen-bond donors (Lipinski definition) is 2. The average Bonchev–Trinajstić information content (AvgIpc) is 2.54. The Bertz CT molecular complexity index is 625. The van der Waals surface area contributed by atoms with Crippen molar-refractivity contribution in [1.29, 1.82) is 0 Å². The third-order valence-electron chi connectivity index (χ3n) is 3.29. The molecule has 1 fully saturated rings. The summed E-state index contributed by atoms with van der Waals surface area (Å²) in [4.78, 5) is 23.0. The van der Waals surface area contributed by atoms with Crippen LogP contribution >= 0.6 is 0 Å². The maximum absolute atomic E-state index is 11.6. The van der Waals surface area contributed by atoms with Crippen LogP contribution in [0.25, 0.3) is 0 Å². The number of rotatable bonds is 5. The van der Waals surface area contributed by atoms with E-state index in [1.807, 2.05) is 30.3 Å². The van der Waals surface area contributed by atoms with Crippen LogP contribution in [0.1, 0.15) is 38.2 Å². The fourth-order valence-electron chi connectivity index (χ4n) is 2.21. The summed E-state index contributed by atoms with van der Waals surface area (Å²) in [6.07, 6.45) is 0.384. The highest BCUT2D eigenvalue weighted by atomic mass is 16.5. The summed E-state index contributed by atoms with van der Waals surface area (Å²) < 4.78 is 4.87. The van der Waals surface area contributed by atoms with Gasteiger partial charge in [0.25, 0.3) is 0 Å². The van der Waals surface area contributed by atoms with Crippen molar-refractivity contribution in [2.45, 2.75) is 32.6 Å². The fraction of sp³-hybridized carbons (Fsp3) is 0.375. The molecule has 23 heavy (non-hydrogen) atoms. The molecule has 1 unspecified atom stereocenters. The van der Waals surface area contributed by atoms with Gasteiger partial charge in [-0.2, -0.15) is 5.10 Å². The molecule has 1 atom stereocenters. The number of hydrazine groups is 1. The number of amides is 1. The van der Waals surface area contributed by atoms with Gasteiger partial charge < -0.3 is 4.74 Å². The third kappa shape index (κ3) is 4.91. The van der Waals surface area contributed by atoms with Crippen molar-refractivity contribution in [1.82, 2.24) is 10.9 Å². The Kier molecular flexibility index (Phi) is 5.85. The Morgan fingerprint density at radius 2 is 2.04 bits per heavy atom. The lowest BCUT2D eigenvalue weighted by Gasteiger charge is -2.25. The topological polar surface area (TPSA) is 92.2 Å². The first-order valence-corrected chi connectivity index (χ1v) is 7.46. The molecule has 0 bridgehead atoms. The van der Waals surface area contributed by atoms with Crippen molar-refractivity contribution >= 4 is 23.4 Å². The van der Waals surface area contributed by atoms with Gasteiger partial charge in [-0.1, -0.05) is 30.3 Å². The highest BCUT2D eigenvalue weighted by molar-refractivity contribution is 6.00. The number of carbonyl (C=O) groups excluding carboxylic acids is 2. The van der Waals surface area contributed by atoms with E-state index in [4.69, 9.17) is 4.74 Å². The van der Waals surface area contributed by atoms with Crippen molar-refractivity contribution in [3.05, 3.63) is 35.9 Å². The fourth-order valence-corrected chi connectivity index (χ4v) is 2.21. The minimum atomic E-state index is -0.335. The van der Waals surface area contributed by atoms with Crippen LogP contribution in [0, 0.1) is 0 Å². The first kappa shape index (κ1) is 16.7. The molecule has 1 aliphatic rings. The quantitative estimate of drug-likeness (QED) is 0.489. The van der Waals surface area contributed by atoms with Gasteiger partial charge in [0.15, 0.2) is 5.84 Å². The Balaban J connectivity index is 2.14. The summed E-state index contributed by atoms with van der Waals surface area (Å²) in [6.45, 7) is 3.80. The molecule has 1 amide bonds. The van der Waals surface area contributed by atoms with Gasteiger partial charge in [-0.05, 0) is 19.4 Å². The summed E-state index contributed by atoms with van der Waals surface area (Å²) in [7, 11) is 0. The van der Waals surface area contributed by atoms with Crippen LogP contribution in [0.3, 0.4) is 0 Å². The third-order valence-corrected chi connectivity index (χ3v) is 3.29. The lowest BCUT2D eigenvalue weighted by atomic mass is 9.93. The molecule has 1 heterocycles. The summed E-state index contributed by atoms with van der Waals surface area (Å²) in [5.41, 5.74) is 6.84. The van der Waals surface area contributed by atoms with E-state index in [-0.39, 0.29) is 24.2 Å². The van der Waals surface area contributed by atoms with E-state index < -0.39 is 0 Å². The number of hydrogen-bond acceptors (Lipinski definition) is 5. The lowest BCUT2D eigenvalue weighted by molar-refractivity contribution is -0.141. The number of nitrogens with zero attached hydrogens (tertiary/aromatic N) is 2. The van der Waals surface area contributed by atoms with Gasteiger partial charge in [0.2, 0.25) is 5.91 Å². The van der Waals surface area contributed by atoms with Gasteiger partial charge in [-0.25, -0.2) is 0 Å². The number of amidine groups is 1. The zero-order valence-electron chi connectivity index (χ0n) is 13.2. The first-order valence-electron chi connectivity index (χ1n) is 7.46. The van der Waals surface area contributed by atoms with Crippen molar-refractivity contribution in [2.24, 2.45) is 10.2 Å². The largest absolute Gasteiger partial charge is 0.466 e. The summed E-state index contributed by atoms with van der Waals surface area (Å²) in [5.74, 6) is -0.0911. The Labute approximate surface area is 134 Å². The van der Waals surface area contributed by atoms with E-state index in [2.05, 4.69) is 21.1 Å². The predicted molar refractivity (Wildman–Crippen MR) is 86.9 cm³/mol. The molecule has 2 N–H and O–H groups in total. The smallest absolute Gasteiger partial charge is 0.311 e. The first-order chi connectivity index (χ1) is 11.1. The number of benzene rings is 1. The summed E-state index contributed by atoms with van der Waals surface area (Å²) in [5, 5.41) is 8.22. The maximum Gasteiger partial charge on any atom is 0.311 e. The van der Waals surface area contributed by atoms with Gasteiger partial charge in [-0.3, -0.25) is 20.4 Å². The van der Waals surface area contributed by atoms with Gasteiger partial charge >= 0.3 is 5.97 Å². The molecule has 1 saturated heterocycles. The second-order valence-electron chi connectivity index (χ2n) is 5.14. The molecule has 2 rings (SSSR count). The standard InChI is InChI=1S/C16H20N4O3/c1-3-23-15(22)9-11(2)17-19-16-13(10-14(21)18-20-16)12-7-5-4-6-8-12/h4-8,13H,3,9-10H2,1-2H3,(H,18,21)(H,19,20)/b17-11-. The molecule has 122 valence electrons. The molecular formula is C16H20N4O3. The molecule has 1 aliphatic heterocycles. The van der Waals surface area contributed by atoms with E-state index in [1.165, 1.54) is 0 Å².